The van der Waals surface area contributed by atoms with Crippen LogP contribution in [-0.2, 0) is 24.0 Å². The van der Waals surface area contributed by atoms with Crippen molar-refractivity contribution in [1.82, 2.24) is 16.0 Å². The number of amides is 3. The molecular weight excluding hydrogens is 464 g/mol. The Labute approximate surface area is 203 Å². The minimum Gasteiger partial charge on any atom is -0.481 e. The summed E-state index contributed by atoms with van der Waals surface area (Å²) in [7, 11) is 0. The number of rotatable bonds is 18. The third-order valence-electron chi connectivity index (χ3n) is 4.83. The summed E-state index contributed by atoms with van der Waals surface area (Å²) in [6.07, 6.45) is 0.792. The van der Waals surface area contributed by atoms with Gasteiger partial charge in [0.1, 0.15) is 18.1 Å². The molecule has 200 valence electrons. The largest absolute Gasteiger partial charge is 0.481 e. The Kier molecular flexibility index (Phi) is 15.4. The van der Waals surface area contributed by atoms with Gasteiger partial charge in [0.15, 0.2) is 5.96 Å². The molecule has 13 N–H and O–H groups in total. The van der Waals surface area contributed by atoms with Crippen LogP contribution in [0.1, 0.15) is 51.9 Å². The monoisotopic (exact) mass is 502 g/mol. The first-order chi connectivity index (χ1) is 16.4. The topological polar surface area (TPSA) is 278 Å². The molecule has 3 amide bonds. The molecule has 0 rings (SSSR count). The third kappa shape index (κ3) is 14.4. The highest BCUT2D eigenvalue weighted by Gasteiger charge is 2.30. The van der Waals surface area contributed by atoms with Crippen LogP contribution in [0.25, 0.3) is 0 Å². The maximum atomic E-state index is 12.9. The molecule has 0 radical (unpaired) electrons. The minimum absolute atomic E-state index is 0.0381. The van der Waals surface area contributed by atoms with Crippen molar-refractivity contribution < 1.29 is 34.2 Å². The number of unbranched alkanes of at least 4 members (excludes halogenated alkanes) is 1. The van der Waals surface area contributed by atoms with E-state index in [4.69, 9.17) is 28.0 Å². The summed E-state index contributed by atoms with van der Waals surface area (Å²) in [4.78, 5) is 64.1. The van der Waals surface area contributed by atoms with Gasteiger partial charge in [0, 0.05) is 13.0 Å². The van der Waals surface area contributed by atoms with E-state index < -0.39 is 60.2 Å². The average molecular weight is 503 g/mol. The van der Waals surface area contributed by atoms with Crippen LogP contribution in [-0.4, -0.2) is 83.1 Å². The molecule has 0 heterocycles. The van der Waals surface area contributed by atoms with E-state index in [-0.39, 0.29) is 38.2 Å². The summed E-state index contributed by atoms with van der Waals surface area (Å²) in [5.74, 6) is -4.87. The van der Waals surface area contributed by atoms with Crippen molar-refractivity contribution >= 4 is 35.6 Å². The highest BCUT2D eigenvalue weighted by Crippen LogP contribution is 2.06. The van der Waals surface area contributed by atoms with Crippen LogP contribution in [0.5, 0.6) is 0 Å². The molecular formula is C20H38N8O7. The predicted molar refractivity (Wildman–Crippen MR) is 127 cm³/mol. The zero-order valence-electron chi connectivity index (χ0n) is 19.9. The highest BCUT2D eigenvalue weighted by molar-refractivity contribution is 5.94. The van der Waals surface area contributed by atoms with Gasteiger partial charge < -0.3 is 49.1 Å². The lowest BCUT2D eigenvalue weighted by Gasteiger charge is -2.24. The van der Waals surface area contributed by atoms with Gasteiger partial charge in [-0.3, -0.25) is 24.2 Å². The maximum absolute atomic E-state index is 12.9. The number of aliphatic imine (C=N–C) groups is 1. The molecule has 4 atom stereocenters. The van der Waals surface area contributed by atoms with Gasteiger partial charge in [-0.2, -0.15) is 0 Å². The first kappa shape index (κ1) is 31.5. The second-order valence-corrected chi connectivity index (χ2v) is 7.98. The van der Waals surface area contributed by atoms with Crippen molar-refractivity contribution in [3.63, 3.8) is 0 Å². The van der Waals surface area contributed by atoms with Crippen molar-refractivity contribution in [2.45, 2.75) is 76.0 Å². The molecule has 4 unspecified atom stereocenters. The molecule has 35 heavy (non-hydrogen) atoms. The zero-order chi connectivity index (χ0) is 27.0. The van der Waals surface area contributed by atoms with Gasteiger partial charge in [-0.25, -0.2) is 4.79 Å². The zero-order valence-corrected chi connectivity index (χ0v) is 19.9. The second-order valence-electron chi connectivity index (χ2n) is 7.98. The average Bonchev–Trinajstić information content (AvgIpc) is 2.76. The Bertz CT molecular complexity index is 756. The van der Waals surface area contributed by atoms with Gasteiger partial charge in [0.25, 0.3) is 0 Å². The lowest BCUT2D eigenvalue weighted by atomic mass is 10.1. The van der Waals surface area contributed by atoms with E-state index in [0.29, 0.717) is 19.4 Å². The van der Waals surface area contributed by atoms with Crippen LogP contribution in [0.2, 0.25) is 0 Å². The van der Waals surface area contributed by atoms with Crippen LogP contribution in [0, 0.1) is 0 Å². The number of carboxylic acids is 2. The van der Waals surface area contributed by atoms with Gasteiger partial charge in [0.05, 0.1) is 6.04 Å². The number of nitrogens with two attached hydrogens (primary N) is 4. The van der Waals surface area contributed by atoms with E-state index in [1.54, 1.807) is 0 Å². The molecule has 15 nitrogen and oxygen atoms in total. The lowest BCUT2D eigenvalue weighted by Crippen LogP contribution is -2.57. The molecule has 0 bridgehead atoms. The number of hydrogen-bond acceptors (Lipinski definition) is 8. The number of aliphatic carboxylic acids is 2. The molecule has 15 heteroatoms. The fourth-order valence-electron chi connectivity index (χ4n) is 2.91. The van der Waals surface area contributed by atoms with Crippen molar-refractivity contribution in [2.75, 3.05) is 13.1 Å². The van der Waals surface area contributed by atoms with E-state index in [1.165, 1.54) is 6.92 Å². The molecule has 0 aromatic carbocycles. The molecule has 0 aliphatic heterocycles. The standard InChI is InChI=1S/C20H38N8O7/c1-11(22)16(31)26-13(7-8-15(29)30)18(33)27-12(6-4-10-25-20(23)24)17(32)28-14(19(34)35)5-2-3-9-21/h11-14H,2-10,21-22H2,1H3,(H,26,31)(H,27,33)(H,28,32)(H,29,30)(H,34,35)(H4,23,24,25). The van der Waals surface area contributed by atoms with Crippen LogP contribution in [0.3, 0.4) is 0 Å². The first-order valence-electron chi connectivity index (χ1n) is 11.3. The number of carbonyl (C=O) groups excluding carboxylic acids is 3. The lowest BCUT2D eigenvalue weighted by molar-refractivity contribution is -0.142. The van der Waals surface area contributed by atoms with Crippen molar-refractivity contribution in [3.05, 3.63) is 0 Å². The first-order valence-corrected chi connectivity index (χ1v) is 11.3. The molecule has 0 aromatic rings. The Hall–Kier alpha value is -3.46. The Morgan fingerprint density at radius 1 is 0.800 bits per heavy atom. The number of guanidine groups is 1. The number of hydrogen-bond donors (Lipinski definition) is 9. The van der Waals surface area contributed by atoms with Crippen LogP contribution < -0.4 is 38.9 Å². The van der Waals surface area contributed by atoms with Gasteiger partial charge in [-0.1, -0.05) is 0 Å². The minimum atomic E-state index is -1.28. The van der Waals surface area contributed by atoms with Crippen LogP contribution in [0.4, 0.5) is 0 Å². The predicted octanol–water partition coefficient (Wildman–Crippen LogP) is -3.08. The van der Waals surface area contributed by atoms with Crippen LogP contribution in [0.15, 0.2) is 4.99 Å². The summed E-state index contributed by atoms with van der Waals surface area (Å²) >= 11 is 0. The van der Waals surface area contributed by atoms with Crippen molar-refractivity contribution in [1.29, 1.82) is 0 Å². The number of nitrogens with one attached hydrogen (secondary N) is 3. The van der Waals surface area contributed by atoms with Crippen LogP contribution >= 0.6 is 0 Å². The Morgan fingerprint density at radius 3 is 1.80 bits per heavy atom. The fourth-order valence-corrected chi connectivity index (χ4v) is 2.91. The van der Waals surface area contributed by atoms with Crippen molar-refractivity contribution in [2.24, 2.45) is 27.9 Å². The summed E-state index contributed by atoms with van der Waals surface area (Å²) in [5, 5.41) is 25.6. The summed E-state index contributed by atoms with van der Waals surface area (Å²) in [5.41, 5.74) is 21.5. The Morgan fingerprint density at radius 2 is 1.31 bits per heavy atom. The van der Waals surface area contributed by atoms with E-state index in [1.807, 2.05) is 0 Å². The smallest absolute Gasteiger partial charge is 0.326 e. The molecule has 0 aliphatic rings. The molecule has 0 aliphatic carbocycles. The van der Waals surface area contributed by atoms with Gasteiger partial charge in [-0.05, 0) is 52.0 Å². The van der Waals surface area contributed by atoms with E-state index in [2.05, 4.69) is 20.9 Å². The number of nitrogens with zero attached hydrogens (tertiary/aromatic N) is 1. The van der Waals surface area contributed by atoms with Gasteiger partial charge >= 0.3 is 11.9 Å². The molecule has 0 spiro atoms. The fraction of sp³-hybridized carbons (Fsp3) is 0.700. The highest BCUT2D eigenvalue weighted by atomic mass is 16.4. The molecule has 0 saturated carbocycles. The summed E-state index contributed by atoms with van der Waals surface area (Å²) < 4.78 is 0. The Balaban J connectivity index is 5.55. The van der Waals surface area contributed by atoms with Crippen molar-refractivity contribution in [3.8, 4) is 0 Å². The second kappa shape index (κ2) is 17.0. The van der Waals surface area contributed by atoms with Gasteiger partial charge in [0.2, 0.25) is 17.7 Å². The van der Waals surface area contributed by atoms with E-state index in [9.17, 15) is 29.1 Å². The molecule has 0 fully saturated rings. The number of carboxylic acid groups (broad SMARTS) is 2. The van der Waals surface area contributed by atoms with Gasteiger partial charge in [-0.15, -0.1) is 0 Å². The normalized spacial score (nSPS) is 14.0. The summed E-state index contributed by atoms with van der Waals surface area (Å²) in [6.45, 7) is 1.90. The summed E-state index contributed by atoms with van der Waals surface area (Å²) in [6, 6.07) is -4.64. The quantitative estimate of drug-likeness (QED) is 0.0514. The SMILES string of the molecule is CC(N)C(=O)NC(CCC(=O)O)C(=O)NC(CCCN=C(N)N)C(=O)NC(CCCCN)C(=O)O. The molecule has 0 saturated heterocycles. The molecule has 0 aromatic heterocycles. The third-order valence-corrected chi connectivity index (χ3v) is 4.83. The number of carbonyl (C=O) groups is 5. The van der Waals surface area contributed by atoms with E-state index in [0.717, 1.165) is 0 Å². The maximum Gasteiger partial charge on any atom is 0.326 e. The van der Waals surface area contributed by atoms with E-state index >= 15 is 0 Å².